The highest BCUT2D eigenvalue weighted by Gasteiger charge is 2.39. The van der Waals surface area contributed by atoms with Gasteiger partial charge in [0, 0.05) is 17.3 Å². The number of fused-ring (bicyclic) bond motifs is 2. The molecule has 0 aromatic heterocycles. The molecule has 2 aliphatic carbocycles. The second kappa shape index (κ2) is 12.3. The Balaban J connectivity index is 0.000000149. The third-order valence-corrected chi connectivity index (χ3v) is 9.46. The fourth-order valence-corrected chi connectivity index (χ4v) is 7.48. The summed E-state index contributed by atoms with van der Waals surface area (Å²) in [6.07, 6.45) is 7.04. The van der Waals surface area contributed by atoms with E-state index in [9.17, 15) is 0 Å². The van der Waals surface area contributed by atoms with Gasteiger partial charge in [0.15, 0.2) is 0 Å². The maximum Gasteiger partial charge on any atom is 0.0339 e. The van der Waals surface area contributed by atoms with Crippen molar-refractivity contribution in [1.82, 2.24) is 0 Å². The zero-order valence-electron chi connectivity index (χ0n) is 24.5. The van der Waals surface area contributed by atoms with Crippen molar-refractivity contribution in [3.63, 3.8) is 0 Å². The second-order valence-electron chi connectivity index (χ2n) is 12.3. The van der Waals surface area contributed by atoms with E-state index in [1.165, 1.54) is 48.8 Å². The summed E-state index contributed by atoms with van der Waals surface area (Å²) in [4.78, 5) is 0. The number of benzene rings is 5. The van der Waals surface area contributed by atoms with E-state index in [4.69, 9.17) is 0 Å². The van der Waals surface area contributed by atoms with Crippen LogP contribution in [-0.2, 0) is 5.41 Å². The standard InChI is InChI=1S/C22H26.C19H16/c1-22(2)19-14-8-6-12-17(19)21(16-10-4-3-5-11-16)18-13-7-9-15-20(18)22;1-4-10-16(11-5-1)19(17-12-6-2-7-13-17)18-14-8-3-9-15-18/h6-9,12-16,21H,3-5,10-11H2,1-2H3;1-15,19H. The minimum absolute atomic E-state index is 0.123. The van der Waals surface area contributed by atoms with E-state index >= 15 is 0 Å². The lowest BCUT2D eigenvalue weighted by atomic mass is 9.61. The van der Waals surface area contributed by atoms with Crippen LogP contribution in [0.5, 0.6) is 0 Å². The molecular formula is C41H42. The zero-order valence-corrected chi connectivity index (χ0v) is 24.5. The highest BCUT2D eigenvalue weighted by Crippen LogP contribution is 2.51. The smallest absolute Gasteiger partial charge is 0.0339 e. The zero-order chi connectivity index (χ0) is 28.1. The SMILES string of the molecule is CC1(C)c2ccccc2C(C2CCCCC2)c2ccccc21.c1ccc(C(c2ccccc2)c2ccccc2)cc1. The Kier molecular flexibility index (Phi) is 8.19. The molecule has 0 heteroatoms. The Morgan fingerprint density at radius 3 is 1.24 bits per heavy atom. The first-order valence-corrected chi connectivity index (χ1v) is 15.5. The third kappa shape index (κ3) is 5.66. The van der Waals surface area contributed by atoms with Crippen molar-refractivity contribution in [1.29, 1.82) is 0 Å². The van der Waals surface area contributed by atoms with Crippen molar-refractivity contribution in [3.05, 3.63) is 178 Å². The van der Waals surface area contributed by atoms with Crippen LogP contribution in [0.25, 0.3) is 0 Å². The quantitative estimate of drug-likeness (QED) is 0.201. The Morgan fingerprint density at radius 2 is 0.829 bits per heavy atom. The lowest BCUT2D eigenvalue weighted by Gasteiger charge is -2.43. The molecule has 1 saturated carbocycles. The van der Waals surface area contributed by atoms with E-state index in [-0.39, 0.29) is 5.41 Å². The van der Waals surface area contributed by atoms with Gasteiger partial charge in [-0.05, 0) is 57.7 Å². The van der Waals surface area contributed by atoms with Crippen LogP contribution in [0.2, 0.25) is 0 Å². The van der Waals surface area contributed by atoms with Crippen molar-refractivity contribution in [2.24, 2.45) is 5.92 Å². The maximum atomic E-state index is 2.40. The fraction of sp³-hybridized carbons (Fsp3) is 0.268. The molecule has 0 heterocycles. The van der Waals surface area contributed by atoms with Crippen LogP contribution >= 0.6 is 0 Å². The highest BCUT2D eigenvalue weighted by molar-refractivity contribution is 5.56. The largest absolute Gasteiger partial charge is 0.0622 e. The van der Waals surface area contributed by atoms with Crippen molar-refractivity contribution >= 4 is 0 Å². The van der Waals surface area contributed by atoms with Crippen LogP contribution in [0.1, 0.15) is 96.7 Å². The molecule has 206 valence electrons. The van der Waals surface area contributed by atoms with E-state index in [1.54, 1.807) is 22.3 Å². The van der Waals surface area contributed by atoms with E-state index in [2.05, 4.69) is 153 Å². The summed E-state index contributed by atoms with van der Waals surface area (Å²) in [6, 6.07) is 50.4. The Labute approximate surface area is 247 Å². The molecule has 5 aromatic carbocycles. The van der Waals surface area contributed by atoms with Gasteiger partial charge in [0.05, 0.1) is 0 Å². The molecule has 0 bridgehead atoms. The van der Waals surface area contributed by atoms with Crippen molar-refractivity contribution < 1.29 is 0 Å². The third-order valence-electron chi connectivity index (χ3n) is 9.46. The molecule has 0 nitrogen and oxygen atoms in total. The molecule has 0 saturated heterocycles. The van der Waals surface area contributed by atoms with Crippen LogP contribution in [0.15, 0.2) is 140 Å². The van der Waals surface area contributed by atoms with Gasteiger partial charge in [0.1, 0.15) is 0 Å². The summed E-state index contributed by atoms with van der Waals surface area (Å²) in [5.41, 5.74) is 10.4. The summed E-state index contributed by atoms with van der Waals surface area (Å²) < 4.78 is 0. The molecule has 0 unspecified atom stereocenters. The Hall–Kier alpha value is -3.90. The van der Waals surface area contributed by atoms with Gasteiger partial charge in [0.25, 0.3) is 0 Å². The van der Waals surface area contributed by atoms with Crippen LogP contribution in [0.4, 0.5) is 0 Å². The molecule has 0 N–H and O–H groups in total. The summed E-state index contributed by atoms with van der Waals surface area (Å²) in [5, 5.41) is 0. The normalized spacial score (nSPS) is 16.3. The Bertz CT molecular complexity index is 1380. The van der Waals surface area contributed by atoms with Crippen molar-refractivity contribution in [2.45, 2.75) is 63.2 Å². The van der Waals surface area contributed by atoms with Gasteiger partial charge in [-0.15, -0.1) is 0 Å². The molecule has 7 rings (SSSR count). The van der Waals surface area contributed by atoms with Crippen LogP contribution < -0.4 is 0 Å². The van der Waals surface area contributed by atoms with Gasteiger partial charge in [-0.25, -0.2) is 0 Å². The molecule has 1 fully saturated rings. The Morgan fingerprint density at radius 1 is 0.463 bits per heavy atom. The van der Waals surface area contributed by atoms with Gasteiger partial charge in [-0.3, -0.25) is 0 Å². The highest BCUT2D eigenvalue weighted by atomic mass is 14.4. The molecule has 41 heavy (non-hydrogen) atoms. The first-order chi connectivity index (χ1) is 20.1. The molecule has 0 spiro atoms. The predicted molar refractivity (Wildman–Crippen MR) is 174 cm³/mol. The van der Waals surface area contributed by atoms with Gasteiger partial charge >= 0.3 is 0 Å². The molecule has 0 aliphatic heterocycles. The van der Waals surface area contributed by atoms with Crippen LogP contribution in [0, 0.1) is 5.92 Å². The van der Waals surface area contributed by atoms with Gasteiger partial charge in [0.2, 0.25) is 0 Å². The topological polar surface area (TPSA) is 0 Å². The molecule has 0 amide bonds. The fourth-order valence-electron chi connectivity index (χ4n) is 7.48. The van der Waals surface area contributed by atoms with Crippen LogP contribution in [0.3, 0.4) is 0 Å². The van der Waals surface area contributed by atoms with E-state index in [1.807, 2.05) is 0 Å². The molecule has 2 aliphatic rings. The number of hydrogen-bond acceptors (Lipinski definition) is 0. The average Bonchev–Trinajstić information content (AvgIpc) is 3.04. The summed E-state index contributed by atoms with van der Waals surface area (Å²) in [6.45, 7) is 4.78. The summed E-state index contributed by atoms with van der Waals surface area (Å²) in [7, 11) is 0. The second-order valence-corrected chi connectivity index (χ2v) is 12.3. The monoisotopic (exact) mass is 534 g/mol. The average molecular weight is 535 g/mol. The number of hydrogen-bond donors (Lipinski definition) is 0. The van der Waals surface area contributed by atoms with Crippen molar-refractivity contribution in [2.75, 3.05) is 0 Å². The minimum Gasteiger partial charge on any atom is -0.0622 e. The van der Waals surface area contributed by atoms with E-state index in [0.717, 1.165) is 5.92 Å². The molecular weight excluding hydrogens is 492 g/mol. The van der Waals surface area contributed by atoms with E-state index < -0.39 is 0 Å². The maximum absolute atomic E-state index is 2.40. The minimum atomic E-state index is 0.123. The van der Waals surface area contributed by atoms with Gasteiger partial charge < -0.3 is 0 Å². The molecule has 0 atom stereocenters. The summed E-state index contributed by atoms with van der Waals surface area (Å²) in [5.74, 6) is 1.75. The van der Waals surface area contributed by atoms with E-state index in [0.29, 0.717) is 11.8 Å². The van der Waals surface area contributed by atoms with Crippen LogP contribution in [-0.4, -0.2) is 0 Å². The summed E-state index contributed by atoms with van der Waals surface area (Å²) >= 11 is 0. The first kappa shape index (κ1) is 27.3. The molecule has 0 radical (unpaired) electrons. The molecule has 5 aromatic rings. The van der Waals surface area contributed by atoms with Gasteiger partial charge in [-0.2, -0.15) is 0 Å². The number of rotatable bonds is 4. The van der Waals surface area contributed by atoms with Crippen molar-refractivity contribution in [3.8, 4) is 0 Å². The van der Waals surface area contributed by atoms with Gasteiger partial charge in [-0.1, -0.05) is 173 Å². The first-order valence-electron chi connectivity index (χ1n) is 15.5. The predicted octanol–water partition coefficient (Wildman–Crippen LogP) is 10.9. The lowest BCUT2D eigenvalue weighted by molar-refractivity contribution is 0.319. The lowest BCUT2D eigenvalue weighted by Crippen LogP contribution is -2.32.